The van der Waals surface area contributed by atoms with Crippen molar-refractivity contribution in [2.75, 3.05) is 0 Å². The van der Waals surface area contributed by atoms with E-state index in [1.807, 2.05) is 116 Å². The zero-order valence-electron chi connectivity index (χ0n) is 15.7. The number of ketones is 1. The van der Waals surface area contributed by atoms with Crippen LogP contribution in [-0.2, 0) is 0 Å². The summed E-state index contributed by atoms with van der Waals surface area (Å²) < 4.78 is 0. The first kappa shape index (κ1) is 33.7. The number of carbonyl (C=O) groups excluding carboxylic acids is 1. The maximum atomic E-state index is 11.8. The van der Waals surface area contributed by atoms with Crippen LogP contribution >= 0.6 is 0 Å². The Bertz CT molecular complexity index is 377. The Morgan fingerprint density at radius 2 is 0.708 bits per heavy atom. The zero-order chi connectivity index (χ0) is 17.8. The third-order valence-electron chi connectivity index (χ3n) is 2.07. The molecule has 0 aliphatic carbocycles. The molecule has 24 heavy (non-hydrogen) atoms. The molecule has 0 N–H and O–H groups in total. The smallest absolute Gasteiger partial charge is 0.193 e. The van der Waals surface area contributed by atoms with Crippen molar-refractivity contribution in [2.45, 2.75) is 70.2 Å². The van der Waals surface area contributed by atoms with Crippen LogP contribution in [0.1, 0.15) is 86.2 Å². The standard InChI is InChI=1S/C13H10O.4C2H6.2CH4/c14-13(11-7-3-1-4-8-11)12-9-5-2-6-10-12;4*1-2;;/h1-10H;4*1-2H3;2*1H4. The molecule has 0 aliphatic heterocycles. The molecule has 0 saturated carbocycles. The molecule has 0 bridgehead atoms. The fourth-order valence-electron chi connectivity index (χ4n) is 1.35. The summed E-state index contributed by atoms with van der Waals surface area (Å²) in [4.78, 5) is 11.8. The molecular weight excluding hydrogens is 292 g/mol. The van der Waals surface area contributed by atoms with Crippen LogP contribution in [0, 0.1) is 0 Å². The minimum atomic E-state index is 0. The molecule has 2 aromatic carbocycles. The molecule has 0 amide bonds. The number of rotatable bonds is 2. The summed E-state index contributed by atoms with van der Waals surface area (Å²) in [6, 6.07) is 18.6. The van der Waals surface area contributed by atoms with E-state index in [4.69, 9.17) is 0 Å². The number of carbonyl (C=O) groups is 1. The van der Waals surface area contributed by atoms with Crippen LogP contribution in [-0.4, -0.2) is 5.78 Å². The lowest BCUT2D eigenvalue weighted by molar-refractivity contribution is 0.103. The Labute approximate surface area is 153 Å². The van der Waals surface area contributed by atoms with Gasteiger partial charge in [0.1, 0.15) is 0 Å². The first-order valence-corrected chi connectivity index (χ1v) is 8.53. The predicted octanol–water partition coefficient (Wildman–Crippen LogP) is 8.29. The molecular formula is C23H42O. The van der Waals surface area contributed by atoms with E-state index in [2.05, 4.69) is 0 Å². The molecule has 0 aromatic heterocycles. The monoisotopic (exact) mass is 334 g/mol. The minimum absolute atomic E-state index is 0. The van der Waals surface area contributed by atoms with E-state index in [0.29, 0.717) is 0 Å². The molecule has 0 unspecified atom stereocenters. The highest BCUT2D eigenvalue weighted by molar-refractivity contribution is 6.08. The Balaban J connectivity index is -0.000000107. The Kier molecular flexibility index (Phi) is 40.9. The molecule has 0 heterocycles. The third-order valence-corrected chi connectivity index (χ3v) is 2.07. The van der Waals surface area contributed by atoms with Gasteiger partial charge in [-0.2, -0.15) is 0 Å². The van der Waals surface area contributed by atoms with Crippen molar-refractivity contribution in [2.24, 2.45) is 0 Å². The van der Waals surface area contributed by atoms with E-state index in [1.54, 1.807) is 0 Å². The van der Waals surface area contributed by atoms with Crippen LogP contribution in [0.3, 0.4) is 0 Å². The summed E-state index contributed by atoms with van der Waals surface area (Å²) in [5, 5.41) is 0. The van der Waals surface area contributed by atoms with Crippen molar-refractivity contribution in [1.29, 1.82) is 0 Å². The van der Waals surface area contributed by atoms with Crippen molar-refractivity contribution < 1.29 is 4.79 Å². The average Bonchev–Trinajstić information content (AvgIpc) is 2.69. The van der Waals surface area contributed by atoms with E-state index in [-0.39, 0.29) is 20.6 Å². The van der Waals surface area contributed by atoms with Crippen molar-refractivity contribution in [1.82, 2.24) is 0 Å². The Morgan fingerprint density at radius 1 is 0.500 bits per heavy atom. The highest BCUT2D eigenvalue weighted by Gasteiger charge is 2.06. The van der Waals surface area contributed by atoms with Gasteiger partial charge in [-0.25, -0.2) is 0 Å². The molecule has 0 spiro atoms. The van der Waals surface area contributed by atoms with E-state index in [1.165, 1.54) is 0 Å². The lowest BCUT2D eigenvalue weighted by Gasteiger charge is -1.99. The third kappa shape index (κ3) is 15.0. The fraction of sp³-hybridized carbons (Fsp3) is 0.435. The summed E-state index contributed by atoms with van der Waals surface area (Å²) in [6.45, 7) is 16.0. The first-order valence-electron chi connectivity index (χ1n) is 8.53. The summed E-state index contributed by atoms with van der Waals surface area (Å²) in [5.41, 5.74) is 1.47. The maximum Gasteiger partial charge on any atom is 0.193 e. The summed E-state index contributed by atoms with van der Waals surface area (Å²) in [6.07, 6.45) is 0. The minimum Gasteiger partial charge on any atom is -0.289 e. The maximum absolute atomic E-state index is 11.8. The molecule has 1 nitrogen and oxygen atoms in total. The average molecular weight is 335 g/mol. The zero-order valence-corrected chi connectivity index (χ0v) is 15.7. The van der Waals surface area contributed by atoms with Gasteiger partial charge in [0, 0.05) is 11.1 Å². The normalized spacial score (nSPS) is 6.67. The van der Waals surface area contributed by atoms with E-state index < -0.39 is 0 Å². The quantitative estimate of drug-likeness (QED) is 0.505. The van der Waals surface area contributed by atoms with Crippen LogP contribution in [0.4, 0.5) is 0 Å². The van der Waals surface area contributed by atoms with Crippen molar-refractivity contribution in [3.8, 4) is 0 Å². The second-order valence-corrected chi connectivity index (χ2v) is 3.06. The molecule has 140 valence electrons. The van der Waals surface area contributed by atoms with Crippen molar-refractivity contribution in [3.05, 3.63) is 71.8 Å². The SMILES string of the molecule is C.C.CC.CC.CC.CC.O=C(c1ccccc1)c1ccccc1. The van der Waals surface area contributed by atoms with Crippen LogP contribution in [0.5, 0.6) is 0 Å². The van der Waals surface area contributed by atoms with Crippen LogP contribution in [0.2, 0.25) is 0 Å². The van der Waals surface area contributed by atoms with Gasteiger partial charge in [0.05, 0.1) is 0 Å². The Hall–Kier alpha value is -1.89. The second kappa shape index (κ2) is 29.2. The lowest BCUT2D eigenvalue weighted by atomic mass is 10.0. The number of hydrogen-bond acceptors (Lipinski definition) is 1. The fourth-order valence-corrected chi connectivity index (χ4v) is 1.35. The van der Waals surface area contributed by atoms with E-state index >= 15 is 0 Å². The number of hydrogen-bond donors (Lipinski definition) is 0. The molecule has 2 aromatic rings. The topological polar surface area (TPSA) is 17.1 Å². The first-order chi connectivity index (χ1) is 10.9. The van der Waals surface area contributed by atoms with Gasteiger partial charge in [0.2, 0.25) is 0 Å². The summed E-state index contributed by atoms with van der Waals surface area (Å²) >= 11 is 0. The van der Waals surface area contributed by atoms with Gasteiger partial charge in [0.25, 0.3) is 0 Å². The molecule has 0 atom stereocenters. The largest absolute Gasteiger partial charge is 0.289 e. The van der Waals surface area contributed by atoms with Gasteiger partial charge in [0.15, 0.2) is 5.78 Å². The van der Waals surface area contributed by atoms with Crippen LogP contribution < -0.4 is 0 Å². The highest BCUT2D eigenvalue weighted by atomic mass is 16.1. The summed E-state index contributed by atoms with van der Waals surface area (Å²) in [5.74, 6) is 0.0752. The van der Waals surface area contributed by atoms with Gasteiger partial charge in [-0.3, -0.25) is 4.79 Å². The van der Waals surface area contributed by atoms with Gasteiger partial charge in [-0.1, -0.05) is 131 Å². The lowest BCUT2D eigenvalue weighted by Crippen LogP contribution is -1.99. The van der Waals surface area contributed by atoms with Crippen LogP contribution in [0.25, 0.3) is 0 Å². The van der Waals surface area contributed by atoms with Crippen molar-refractivity contribution in [3.63, 3.8) is 0 Å². The van der Waals surface area contributed by atoms with Crippen molar-refractivity contribution >= 4 is 5.78 Å². The molecule has 1 heteroatoms. The molecule has 0 fully saturated rings. The highest BCUT2D eigenvalue weighted by Crippen LogP contribution is 2.08. The molecule has 0 saturated heterocycles. The molecule has 0 radical (unpaired) electrons. The molecule has 2 rings (SSSR count). The van der Waals surface area contributed by atoms with Gasteiger partial charge in [-0.15, -0.1) is 0 Å². The summed E-state index contributed by atoms with van der Waals surface area (Å²) in [7, 11) is 0. The van der Waals surface area contributed by atoms with E-state index in [9.17, 15) is 4.79 Å². The van der Waals surface area contributed by atoms with Gasteiger partial charge < -0.3 is 0 Å². The molecule has 0 aliphatic rings. The predicted molar refractivity (Wildman–Crippen MR) is 115 cm³/mol. The van der Waals surface area contributed by atoms with E-state index in [0.717, 1.165) is 11.1 Å². The van der Waals surface area contributed by atoms with Crippen LogP contribution in [0.15, 0.2) is 60.7 Å². The Morgan fingerprint density at radius 3 is 0.917 bits per heavy atom. The second-order valence-electron chi connectivity index (χ2n) is 3.06. The number of benzene rings is 2. The van der Waals surface area contributed by atoms with Gasteiger partial charge >= 0.3 is 0 Å². The van der Waals surface area contributed by atoms with Gasteiger partial charge in [-0.05, 0) is 0 Å².